The molecule has 0 saturated carbocycles. The second-order valence-electron chi connectivity index (χ2n) is 6.22. The van der Waals surface area contributed by atoms with Crippen LogP contribution < -0.4 is 4.90 Å². The molecule has 3 aliphatic heterocycles. The zero-order valence-corrected chi connectivity index (χ0v) is 11.8. The molecule has 18 heavy (non-hydrogen) atoms. The van der Waals surface area contributed by atoms with E-state index in [2.05, 4.69) is 55.0 Å². The third kappa shape index (κ3) is 2.03. The van der Waals surface area contributed by atoms with Gasteiger partial charge in [-0.05, 0) is 43.5 Å². The summed E-state index contributed by atoms with van der Waals surface area (Å²) in [6, 6.07) is 10.7. The highest BCUT2D eigenvalue weighted by Gasteiger charge is 2.36. The molecule has 2 atom stereocenters. The van der Waals surface area contributed by atoms with Crippen molar-refractivity contribution >= 4 is 5.69 Å². The molecule has 3 fully saturated rings. The maximum Gasteiger partial charge on any atom is 0.0418 e. The third-order valence-electron chi connectivity index (χ3n) is 4.69. The van der Waals surface area contributed by atoms with Crippen molar-refractivity contribution in [3.8, 4) is 0 Å². The van der Waals surface area contributed by atoms with E-state index in [-0.39, 0.29) is 0 Å². The monoisotopic (exact) mass is 244 g/mol. The molecule has 3 heterocycles. The highest BCUT2D eigenvalue weighted by atomic mass is 15.3. The Kier molecular flexibility index (Phi) is 3.06. The normalized spacial score (nSPS) is 28.1. The molecular weight excluding hydrogens is 220 g/mol. The van der Waals surface area contributed by atoms with Crippen molar-refractivity contribution in [3.05, 3.63) is 29.8 Å². The standard InChI is InChI=1S/C16H24N2/c1-12(2)13-4-6-14(7-5-13)18-11-15-8-9-16(18)10-17(15)3/h4-7,12,15-16H,8-11H2,1-3H3. The van der Waals surface area contributed by atoms with Crippen LogP contribution >= 0.6 is 0 Å². The van der Waals surface area contributed by atoms with Gasteiger partial charge in [-0.2, -0.15) is 0 Å². The number of nitrogens with zero attached hydrogens (tertiary/aromatic N) is 2. The summed E-state index contributed by atoms with van der Waals surface area (Å²) in [5.41, 5.74) is 2.86. The van der Waals surface area contributed by atoms with E-state index < -0.39 is 0 Å². The summed E-state index contributed by atoms with van der Waals surface area (Å²) in [5.74, 6) is 0.628. The van der Waals surface area contributed by atoms with Gasteiger partial charge < -0.3 is 4.90 Å². The van der Waals surface area contributed by atoms with Gasteiger partial charge in [0, 0.05) is 30.9 Å². The Morgan fingerprint density at radius 2 is 1.67 bits per heavy atom. The first kappa shape index (κ1) is 12.0. The van der Waals surface area contributed by atoms with Gasteiger partial charge in [0.1, 0.15) is 0 Å². The van der Waals surface area contributed by atoms with E-state index in [1.807, 2.05) is 0 Å². The number of hydrogen-bond donors (Lipinski definition) is 0. The van der Waals surface area contributed by atoms with Gasteiger partial charge in [0.25, 0.3) is 0 Å². The predicted molar refractivity (Wildman–Crippen MR) is 77.3 cm³/mol. The molecule has 2 bridgehead atoms. The van der Waals surface area contributed by atoms with Gasteiger partial charge in [0.05, 0.1) is 0 Å². The molecule has 0 aliphatic carbocycles. The summed E-state index contributed by atoms with van der Waals surface area (Å²) >= 11 is 0. The largest absolute Gasteiger partial charge is 0.366 e. The lowest BCUT2D eigenvalue weighted by molar-refractivity contribution is 0.125. The predicted octanol–water partition coefficient (Wildman–Crippen LogP) is 3.09. The van der Waals surface area contributed by atoms with Crippen LogP contribution in [0.5, 0.6) is 0 Å². The summed E-state index contributed by atoms with van der Waals surface area (Å²) in [5, 5.41) is 0. The summed E-state index contributed by atoms with van der Waals surface area (Å²) in [4.78, 5) is 5.16. The average Bonchev–Trinajstić information content (AvgIpc) is 2.39. The average molecular weight is 244 g/mol. The molecule has 0 radical (unpaired) electrons. The molecule has 0 N–H and O–H groups in total. The van der Waals surface area contributed by atoms with Crippen molar-refractivity contribution in [1.82, 2.24) is 4.90 Å². The minimum Gasteiger partial charge on any atom is -0.366 e. The number of rotatable bonds is 2. The van der Waals surface area contributed by atoms with Crippen molar-refractivity contribution in [1.29, 1.82) is 0 Å². The summed E-state index contributed by atoms with van der Waals surface area (Å²) in [6.45, 7) is 6.96. The molecule has 98 valence electrons. The lowest BCUT2D eigenvalue weighted by atomic mass is 9.90. The van der Waals surface area contributed by atoms with Gasteiger partial charge in [0.2, 0.25) is 0 Å². The zero-order chi connectivity index (χ0) is 12.7. The lowest BCUT2D eigenvalue weighted by Crippen LogP contribution is -2.61. The zero-order valence-electron chi connectivity index (χ0n) is 11.8. The van der Waals surface area contributed by atoms with Crippen molar-refractivity contribution in [2.45, 2.75) is 44.7 Å². The van der Waals surface area contributed by atoms with Crippen LogP contribution in [0.3, 0.4) is 0 Å². The lowest BCUT2D eigenvalue weighted by Gasteiger charge is -2.51. The molecule has 0 spiro atoms. The maximum atomic E-state index is 2.62. The smallest absolute Gasteiger partial charge is 0.0418 e. The van der Waals surface area contributed by atoms with Crippen LogP contribution in [0.15, 0.2) is 24.3 Å². The number of hydrogen-bond acceptors (Lipinski definition) is 2. The number of benzene rings is 1. The van der Waals surface area contributed by atoms with Crippen LogP contribution in [0.4, 0.5) is 5.69 Å². The minimum absolute atomic E-state index is 0.628. The molecule has 0 aromatic heterocycles. The van der Waals surface area contributed by atoms with Crippen LogP contribution in [0.25, 0.3) is 0 Å². The topological polar surface area (TPSA) is 6.48 Å². The maximum absolute atomic E-state index is 2.62. The quantitative estimate of drug-likeness (QED) is 0.789. The first-order chi connectivity index (χ1) is 8.65. The molecule has 2 unspecified atom stereocenters. The minimum atomic E-state index is 0.628. The first-order valence-electron chi connectivity index (χ1n) is 7.22. The number of fused-ring (bicyclic) bond motifs is 3. The van der Waals surface area contributed by atoms with Crippen LogP contribution in [0, 0.1) is 0 Å². The van der Waals surface area contributed by atoms with Gasteiger partial charge in [0.15, 0.2) is 0 Å². The molecule has 3 aliphatic rings. The second-order valence-corrected chi connectivity index (χ2v) is 6.22. The van der Waals surface area contributed by atoms with E-state index in [4.69, 9.17) is 0 Å². The number of anilines is 1. The first-order valence-corrected chi connectivity index (χ1v) is 7.22. The van der Waals surface area contributed by atoms with Gasteiger partial charge in [-0.3, -0.25) is 4.90 Å². The Labute approximate surface area is 111 Å². The molecule has 0 amide bonds. The second kappa shape index (κ2) is 4.58. The van der Waals surface area contributed by atoms with Gasteiger partial charge in [-0.15, -0.1) is 0 Å². The summed E-state index contributed by atoms with van der Waals surface area (Å²) in [7, 11) is 2.27. The van der Waals surface area contributed by atoms with E-state index in [0.29, 0.717) is 5.92 Å². The Hall–Kier alpha value is -1.02. The Bertz CT molecular complexity index is 410. The van der Waals surface area contributed by atoms with E-state index in [1.165, 1.54) is 37.2 Å². The van der Waals surface area contributed by atoms with Crippen molar-refractivity contribution in [2.24, 2.45) is 0 Å². The van der Waals surface area contributed by atoms with Crippen molar-refractivity contribution in [2.75, 3.05) is 25.0 Å². The Morgan fingerprint density at radius 3 is 2.17 bits per heavy atom. The Morgan fingerprint density at radius 1 is 1.00 bits per heavy atom. The number of likely N-dealkylation sites (N-methyl/N-ethyl adjacent to an activating group) is 1. The van der Waals surface area contributed by atoms with E-state index in [1.54, 1.807) is 0 Å². The fourth-order valence-electron chi connectivity index (χ4n) is 3.41. The molecule has 2 nitrogen and oxygen atoms in total. The van der Waals surface area contributed by atoms with Crippen molar-refractivity contribution < 1.29 is 0 Å². The van der Waals surface area contributed by atoms with Crippen LogP contribution in [-0.2, 0) is 0 Å². The molecule has 4 rings (SSSR count). The van der Waals surface area contributed by atoms with Gasteiger partial charge >= 0.3 is 0 Å². The molecule has 3 saturated heterocycles. The van der Waals surface area contributed by atoms with E-state index >= 15 is 0 Å². The molecule has 1 aromatic rings. The van der Waals surface area contributed by atoms with Crippen LogP contribution in [0.1, 0.15) is 38.2 Å². The molecule has 1 aromatic carbocycles. The molecule has 2 heteroatoms. The van der Waals surface area contributed by atoms with Crippen molar-refractivity contribution in [3.63, 3.8) is 0 Å². The highest BCUT2D eigenvalue weighted by Crippen LogP contribution is 2.32. The summed E-state index contributed by atoms with van der Waals surface area (Å²) < 4.78 is 0. The fourth-order valence-corrected chi connectivity index (χ4v) is 3.41. The Balaban J connectivity index is 1.79. The SMILES string of the molecule is CC(C)c1ccc(N2CC3CCC2CN3C)cc1. The van der Waals surface area contributed by atoms with E-state index in [9.17, 15) is 0 Å². The number of piperazine rings is 1. The highest BCUT2D eigenvalue weighted by molar-refractivity contribution is 5.50. The fraction of sp³-hybridized carbons (Fsp3) is 0.625. The third-order valence-corrected chi connectivity index (χ3v) is 4.69. The van der Waals surface area contributed by atoms with Gasteiger partial charge in [-0.25, -0.2) is 0 Å². The van der Waals surface area contributed by atoms with Gasteiger partial charge in [-0.1, -0.05) is 26.0 Å². The molecular formula is C16H24N2. The summed E-state index contributed by atoms with van der Waals surface area (Å²) in [6.07, 6.45) is 2.74. The van der Waals surface area contributed by atoms with Crippen LogP contribution in [-0.4, -0.2) is 37.1 Å². The van der Waals surface area contributed by atoms with Crippen LogP contribution in [0.2, 0.25) is 0 Å². The number of piperidine rings is 2. The van der Waals surface area contributed by atoms with E-state index in [0.717, 1.165) is 12.1 Å².